The van der Waals surface area contributed by atoms with Crippen molar-refractivity contribution < 1.29 is 32.0 Å². The van der Waals surface area contributed by atoms with Crippen LogP contribution in [0.25, 0.3) is 0 Å². The van der Waals surface area contributed by atoms with Crippen molar-refractivity contribution in [3.63, 3.8) is 0 Å². The highest BCUT2D eigenvalue weighted by Gasteiger charge is 2.42. The Kier molecular flexibility index (Phi) is 11.2. The molecule has 35 heavy (non-hydrogen) atoms. The second-order valence-electron chi connectivity index (χ2n) is 7.92. The molecule has 2 atom stereocenters. The van der Waals surface area contributed by atoms with Crippen LogP contribution in [0.15, 0.2) is 59.5 Å². The maximum Gasteiger partial charge on any atom is 0.325 e. The fraction of sp³-hybridized carbons (Fsp3) is 0.458. The van der Waals surface area contributed by atoms with Gasteiger partial charge < -0.3 is 9.47 Å². The standard InChI is InChI=1S/C24H31FN2O7S/c1-3-19(2)23(24(28)34-18-20-10-5-4-6-11-20)26(15-17-33-16-9-14-25)35(31,32)22-13-8-7-12-21(22)27(29)30/h4-8,10-13,19,23H,3,9,14-18H2,1-2H3/t19-,23-/m0/s1. The van der Waals surface area contributed by atoms with Crippen LogP contribution < -0.4 is 0 Å². The average Bonchev–Trinajstić information content (AvgIpc) is 2.86. The number of benzene rings is 2. The third kappa shape index (κ3) is 7.81. The Bertz CT molecular complexity index is 1070. The Labute approximate surface area is 205 Å². The van der Waals surface area contributed by atoms with Gasteiger partial charge in [-0.2, -0.15) is 4.31 Å². The van der Waals surface area contributed by atoms with E-state index in [2.05, 4.69) is 0 Å². The number of rotatable bonds is 15. The second kappa shape index (κ2) is 13.9. The van der Waals surface area contributed by atoms with E-state index in [4.69, 9.17) is 9.47 Å². The van der Waals surface area contributed by atoms with Crippen molar-refractivity contribution in [1.82, 2.24) is 4.31 Å². The summed E-state index contributed by atoms with van der Waals surface area (Å²) in [5.74, 6) is -1.24. The molecular weight excluding hydrogens is 479 g/mol. The third-order valence-electron chi connectivity index (χ3n) is 5.49. The highest BCUT2D eigenvalue weighted by atomic mass is 32.2. The number of carbonyl (C=O) groups excluding carboxylic acids is 1. The summed E-state index contributed by atoms with van der Waals surface area (Å²) in [5, 5.41) is 11.5. The summed E-state index contributed by atoms with van der Waals surface area (Å²) in [5.41, 5.74) is 0.128. The van der Waals surface area contributed by atoms with Gasteiger partial charge in [-0.15, -0.1) is 0 Å². The maximum absolute atomic E-state index is 13.7. The highest BCUT2D eigenvalue weighted by molar-refractivity contribution is 7.89. The zero-order valence-electron chi connectivity index (χ0n) is 19.8. The molecule has 0 saturated carbocycles. The van der Waals surface area contributed by atoms with Gasteiger partial charge in [0, 0.05) is 19.2 Å². The van der Waals surface area contributed by atoms with Gasteiger partial charge in [0.1, 0.15) is 12.6 Å². The molecule has 0 bridgehead atoms. The predicted molar refractivity (Wildman–Crippen MR) is 128 cm³/mol. The summed E-state index contributed by atoms with van der Waals surface area (Å²) in [6.45, 7) is 2.55. The van der Waals surface area contributed by atoms with Crippen LogP contribution in [0, 0.1) is 16.0 Å². The van der Waals surface area contributed by atoms with Crippen molar-refractivity contribution in [2.24, 2.45) is 5.92 Å². The van der Waals surface area contributed by atoms with Crippen LogP contribution in [0.2, 0.25) is 0 Å². The number of nitrogens with zero attached hydrogens (tertiary/aromatic N) is 2. The molecule has 0 aliphatic carbocycles. The molecule has 9 nitrogen and oxygen atoms in total. The second-order valence-corrected chi connectivity index (χ2v) is 9.78. The van der Waals surface area contributed by atoms with E-state index in [0.717, 1.165) is 22.0 Å². The largest absolute Gasteiger partial charge is 0.460 e. The molecule has 2 aromatic carbocycles. The zero-order valence-corrected chi connectivity index (χ0v) is 20.7. The number of carbonyl (C=O) groups is 1. The maximum atomic E-state index is 13.7. The van der Waals surface area contributed by atoms with Gasteiger partial charge in [-0.05, 0) is 24.0 Å². The molecule has 0 N–H and O–H groups in total. The van der Waals surface area contributed by atoms with Crippen molar-refractivity contribution in [3.8, 4) is 0 Å². The lowest BCUT2D eigenvalue weighted by Gasteiger charge is -2.32. The van der Waals surface area contributed by atoms with Crippen molar-refractivity contribution in [2.75, 3.05) is 26.4 Å². The number of hydrogen-bond acceptors (Lipinski definition) is 7. The molecule has 0 aromatic heterocycles. The monoisotopic (exact) mass is 510 g/mol. The minimum atomic E-state index is -4.52. The summed E-state index contributed by atoms with van der Waals surface area (Å²) in [4.78, 5) is 23.5. The van der Waals surface area contributed by atoms with E-state index in [1.165, 1.54) is 12.1 Å². The molecule has 2 aromatic rings. The molecule has 0 spiro atoms. The Morgan fingerprint density at radius 1 is 1.11 bits per heavy atom. The van der Waals surface area contributed by atoms with Gasteiger partial charge in [0.25, 0.3) is 15.7 Å². The number of nitro groups is 1. The first kappa shape index (κ1) is 28.3. The molecular formula is C24H31FN2O7S. The first-order chi connectivity index (χ1) is 16.7. The molecule has 11 heteroatoms. The fourth-order valence-electron chi connectivity index (χ4n) is 3.45. The van der Waals surface area contributed by atoms with Gasteiger partial charge >= 0.3 is 5.97 Å². The molecule has 0 amide bonds. The lowest BCUT2D eigenvalue weighted by molar-refractivity contribution is -0.387. The van der Waals surface area contributed by atoms with Crippen LogP contribution in [0.3, 0.4) is 0 Å². The summed E-state index contributed by atoms with van der Waals surface area (Å²) in [6.07, 6.45) is 0.585. The normalized spacial score (nSPS) is 13.4. The van der Waals surface area contributed by atoms with Crippen molar-refractivity contribution in [3.05, 3.63) is 70.3 Å². The molecule has 0 radical (unpaired) electrons. The number of para-hydroxylation sites is 1. The Morgan fingerprint density at radius 2 is 1.77 bits per heavy atom. The Morgan fingerprint density at radius 3 is 2.40 bits per heavy atom. The lowest BCUT2D eigenvalue weighted by Crippen LogP contribution is -2.50. The van der Waals surface area contributed by atoms with E-state index in [0.29, 0.717) is 6.42 Å². The summed E-state index contributed by atoms with van der Waals surface area (Å²) in [7, 11) is -4.52. The molecule has 0 saturated heterocycles. The van der Waals surface area contributed by atoms with Crippen molar-refractivity contribution in [1.29, 1.82) is 0 Å². The van der Waals surface area contributed by atoms with Gasteiger partial charge in [0.2, 0.25) is 0 Å². The number of sulfonamides is 1. The van der Waals surface area contributed by atoms with E-state index >= 15 is 0 Å². The van der Waals surface area contributed by atoms with E-state index in [1.807, 2.05) is 6.07 Å². The first-order valence-corrected chi connectivity index (χ1v) is 12.8. The van der Waals surface area contributed by atoms with E-state index < -0.39 is 50.1 Å². The molecule has 0 fully saturated rings. The molecule has 2 rings (SSSR count). The topological polar surface area (TPSA) is 116 Å². The molecule has 0 aliphatic heterocycles. The molecule has 0 heterocycles. The Hall–Kier alpha value is -2.89. The predicted octanol–water partition coefficient (Wildman–Crippen LogP) is 4.12. The van der Waals surface area contributed by atoms with Crippen LogP contribution in [-0.2, 0) is 30.9 Å². The zero-order chi connectivity index (χ0) is 25.8. The summed E-state index contributed by atoms with van der Waals surface area (Å²) in [6, 6.07) is 12.6. The van der Waals surface area contributed by atoms with Crippen LogP contribution in [0.1, 0.15) is 32.3 Å². The SMILES string of the molecule is CC[C@H](C)[C@@H](C(=O)OCc1ccccc1)N(CCOCCCF)S(=O)(=O)c1ccccc1[N+](=O)[O-]. The number of alkyl halides is 1. The van der Waals surface area contributed by atoms with Gasteiger partial charge in [-0.3, -0.25) is 19.3 Å². The summed E-state index contributed by atoms with van der Waals surface area (Å²) >= 11 is 0. The van der Waals surface area contributed by atoms with Crippen molar-refractivity contribution in [2.45, 2.75) is 44.2 Å². The minimum absolute atomic E-state index is 0.0566. The van der Waals surface area contributed by atoms with E-state index in [9.17, 15) is 27.7 Å². The number of halogens is 1. The van der Waals surface area contributed by atoms with Gasteiger partial charge in [0.05, 0.1) is 18.2 Å². The molecule has 0 unspecified atom stereocenters. The average molecular weight is 511 g/mol. The van der Waals surface area contributed by atoms with Crippen LogP contribution in [0.5, 0.6) is 0 Å². The number of ether oxygens (including phenoxy) is 2. The third-order valence-corrected chi connectivity index (χ3v) is 7.41. The fourth-order valence-corrected chi connectivity index (χ4v) is 5.26. The summed E-state index contributed by atoms with van der Waals surface area (Å²) < 4.78 is 51.6. The quantitative estimate of drug-likeness (QED) is 0.153. The first-order valence-electron chi connectivity index (χ1n) is 11.3. The van der Waals surface area contributed by atoms with E-state index in [-0.39, 0.29) is 32.8 Å². The minimum Gasteiger partial charge on any atom is -0.460 e. The number of nitro benzene ring substituents is 1. The van der Waals surface area contributed by atoms with Gasteiger partial charge in [-0.25, -0.2) is 8.42 Å². The van der Waals surface area contributed by atoms with Crippen LogP contribution in [0.4, 0.5) is 10.1 Å². The Balaban J connectivity index is 2.44. The van der Waals surface area contributed by atoms with Crippen LogP contribution >= 0.6 is 0 Å². The number of esters is 1. The molecule has 192 valence electrons. The van der Waals surface area contributed by atoms with Crippen molar-refractivity contribution >= 4 is 21.7 Å². The molecule has 0 aliphatic rings. The van der Waals surface area contributed by atoms with Crippen LogP contribution in [-0.4, -0.2) is 56.1 Å². The van der Waals surface area contributed by atoms with E-state index in [1.54, 1.807) is 38.1 Å². The lowest BCUT2D eigenvalue weighted by atomic mass is 9.99. The highest BCUT2D eigenvalue weighted by Crippen LogP contribution is 2.30. The smallest absolute Gasteiger partial charge is 0.325 e. The number of hydrogen-bond donors (Lipinski definition) is 0. The van der Waals surface area contributed by atoms with Gasteiger partial charge in [-0.1, -0.05) is 62.7 Å². The van der Waals surface area contributed by atoms with Gasteiger partial charge in [0.15, 0.2) is 4.90 Å².